The summed E-state index contributed by atoms with van der Waals surface area (Å²) in [7, 11) is 0.534. The van der Waals surface area contributed by atoms with E-state index >= 15 is 0 Å². The second kappa shape index (κ2) is 6.08. The van der Waals surface area contributed by atoms with Crippen molar-refractivity contribution in [1.29, 1.82) is 0 Å². The lowest BCUT2D eigenvalue weighted by Crippen LogP contribution is -2.16. The molecule has 0 bridgehead atoms. The van der Waals surface area contributed by atoms with Crippen molar-refractivity contribution in [3.05, 3.63) is 16.5 Å². The number of ether oxygens (including phenoxy) is 2. The van der Waals surface area contributed by atoms with Crippen molar-refractivity contribution in [2.45, 2.75) is 11.9 Å². The molecule has 0 aliphatic heterocycles. The van der Waals surface area contributed by atoms with Crippen molar-refractivity contribution in [3.63, 3.8) is 0 Å². The van der Waals surface area contributed by atoms with Gasteiger partial charge in [-0.2, -0.15) is 18.4 Å². The van der Waals surface area contributed by atoms with Crippen LogP contribution in [0.15, 0.2) is 15.7 Å². The van der Waals surface area contributed by atoms with Crippen LogP contribution in [0.4, 0.5) is 5.95 Å². The minimum Gasteiger partial charge on any atom is -0.481 e. The van der Waals surface area contributed by atoms with E-state index in [4.69, 9.17) is 9.47 Å². The Balaban J connectivity index is 2.42. The molecule has 0 radical (unpaired) electrons. The lowest BCUT2D eigenvalue weighted by Gasteiger charge is -2.08. The summed E-state index contributed by atoms with van der Waals surface area (Å²) >= 11 is 3.20. The molecule has 0 amide bonds. The van der Waals surface area contributed by atoms with Crippen LogP contribution in [0.5, 0.6) is 11.8 Å². The van der Waals surface area contributed by atoms with Gasteiger partial charge in [0.15, 0.2) is 0 Å². The zero-order valence-electron chi connectivity index (χ0n) is 12.3. The van der Waals surface area contributed by atoms with Gasteiger partial charge in [-0.25, -0.2) is 9.71 Å². The molecule has 0 unspecified atom stereocenters. The number of rotatable bonds is 5. The first-order valence-electron chi connectivity index (χ1n) is 5.97. The van der Waals surface area contributed by atoms with Gasteiger partial charge in [-0.3, -0.25) is 0 Å². The highest BCUT2D eigenvalue weighted by molar-refractivity contribution is 9.10. The van der Waals surface area contributed by atoms with Gasteiger partial charge in [-0.05, 0) is 22.9 Å². The van der Waals surface area contributed by atoms with Crippen LogP contribution < -0.4 is 14.2 Å². The molecule has 0 aliphatic rings. The highest BCUT2D eigenvalue weighted by atomic mass is 79.9. The third-order valence-electron chi connectivity index (χ3n) is 2.80. The molecule has 2 aromatic rings. The van der Waals surface area contributed by atoms with E-state index in [0.717, 1.165) is 0 Å². The third-order valence-corrected chi connectivity index (χ3v) is 5.21. The van der Waals surface area contributed by atoms with Gasteiger partial charge in [0.1, 0.15) is 10.4 Å². The van der Waals surface area contributed by atoms with E-state index in [2.05, 4.69) is 35.6 Å². The molecule has 1 N–H and O–H groups in total. The van der Waals surface area contributed by atoms with Crippen LogP contribution in [0.25, 0.3) is 0 Å². The quantitative estimate of drug-likeness (QED) is 0.812. The molecular formula is C11H14BrN5O4S. The lowest BCUT2D eigenvalue weighted by molar-refractivity contribution is 0.373. The number of methoxy groups -OCH3 is 2. The molecule has 2 aromatic heterocycles. The standard InChI is InChI=1S/C11H14BrN5O4S/c1-6-13-10(9(12)17(6)2)22(18,19)16-11-14-7(20-3)5-8(15-11)21-4/h5H,1-4H3,(H,14,15,16). The highest BCUT2D eigenvalue weighted by Gasteiger charge is 2.25. The van der Waals surface area contributed by atoms with Crippen molar-refractivity contribution in [3.8, 4) is 11.8 Å². The van der Waals surface area contributed by atoms with Crippen molar-refractivity contribution >= 4 is 31.9 Å². The molecule has 0 spiro atoms. The normalized spacial score (nSPS) is 11.3. The summed E-state index contributed by atoms with van der Waals surface area (Å²) in [5.74, 6) is 0.699. The third kappa shape index (κ3) is 3.14. The monoisotopic (exact) mass is 391 g/mol. The van der Waals surface area contributed by atoms with Gasteiger partial charge < -0.3 is 14.0 Å². The van der Waals surface area contributed by atoms with Crippen LogP contribution in [0.2, 0.25) is 0 Å². The number of hydrogen-bond donors (Lipinski definition) is 1. The Morgan fingerprint density at radius 2 is 1.73 bits per heavy atom. The van der Waals surface area contributed by atoms with Crippen molar-refractivity contribution in [1.82, 2.24) is 19.5 Å². The largest absolute Gasteiger partial charge is 0.481 e. The van der Waals surface area contributed by atoms with E-state index in [0.29, 0.717) is 10.4 Å². The summed E-state index contributed by atoms with van der Waals surface area (Å²) in [6.07, 6.45) is 0. The summed E-state index contributed by atoms with van der Waals surface area (Å²) < 4.78 is 38.9. The first kappa shape index (κ1) is 16.5. The van der Waals surface area contributed by atoms with E-state index in [-0.39, 0.29) is 22.7 Å². The minimum atomic E-state index is -3.96. The molecule has 2 heterocycles. The number of nitrogens with zero attached hydrogens (tertiary/aromatic N) is 4. The van der Waals surface area contributed by atoms with E-state index in [1.807, 2.05) is 0 Å². The van der Waals surface area contributed by atoms with Gasteiger partial charge in [-0.1, -0.05) is 0 Å². The Bertz CT molecular complexity index is 783. The maximum atomic E-state index is 12.4. The smallest absolute Gasteiger partial charge is 0.284 e. The molecule has 0 aromatic carbocycles. The minimum absolute atomic E-state index is 0.155. The number of halogens is 1. The second-order valence-corrected chi connectivity index (χ2v) is 6.54. The van der Waals surface area contributed by atoms with Crippen molar-refractivity contribution < 1.29 is 17.9 Å². The average Bonchev–Trinajstić information content (AvgIpc) is 2.74. The molecule has 0 atom stereocenters. The first-order chi connectivity index (χ1) is 10.3. The molecule has 0 fully saturated rings. The summed E-state index contributed by atoms with van der Waals surface area (Å²) in [4.78, 5) is 11.8. The van der Waals surface area contributed by atoms with Crippen LogP contribution in [0, 0.1) is 6.92 Å². The lowest BCUT2D eigenvalue weighted by atomic mass is 10.6. The predicted octanol–water partition coefficient (Wildman–Crippen LogP) is 1.10. The van der Waals surface area contributed by atoms with Gasteiger partial charge in [0.2, 0.25) is 22.7 Å². The number of sulfonamides is 1. The van der Waals surface area contributed by atoms with Gasteiger partial charge in [0.05, 0.1) is 20.3 Å². The van der Waals surface area contributed by atoms with Crippen LogP contribution in [-0.4, -0.2) is 42.2 Å². The number of anilines is 1. The predicted molar refractivity (Wildman–Crippen MR) is 81.6 cm³/mol. The second-order valence-electron chi connectivity index (χ2n) is 4.20. The van der Waals surface area contributed by atoms with E-state index in [9.17, 15) is 8.42 Å². The summed E-state index contributed by atoms with van der Waals surface area (Å²) in [6, 6.07) is 1.43. The SMILES string of the molecule is COc1cc(OC)nc(NS(=O)(=O)c2nc(C)n(C)c2Br)n1. The maximum Gasteiger partial charge on any atom is 0.284 e. The summed E-state index contributed by atoms with van der Waals surface area (Å²) in [6.45, 7) is 1.69. The Kier molecular flexibility index (Phi) is 4.56. The van der Waals surface area contributed by atoms with Crippen LogP contribution in [0.1, 0.15) is 5.82 Å². The molecule has 9 nitrogen and oxygen atoms in total. The van der Waals surface area contributed by atoms with Gasteiger partial charge >= 0.3 is 0 Å². The van der Waals surface area contributed by atoms with Gasteiger partial charge in [-0.15, -0.1) is 0 Å². The summed E-state index contributed by atoms with van der Waals surface area (Å²) in [5, 5.41) is -0.155. The Morgan fingerprint density at radius 3 is 2.14 bits per heavy atom. The zero-order chi connectivity index (χ0) is 16.5. The number of imidazole rings is 1. The van der Waals surface area contributed by atoms with Crippen molar-refractivity contribution in [2.75, 3.05) is 18.9 Å². The van der Waals surface area contributed by atoms with Crippen molar-refractivity contribution in [2.24, 2.45) is 7.05 Å². The number of hydrogen-bond acceptors (Lipinski definition) is 7. The molecular weight excluding hydrogens is 378 g/mol. The zero-order valence-corrected chi connectivity index (χ0v) is 14.7. The molecule has 22 heavy (non-hydrogen) atoms. The Morgan fingerprint density at radius 1 is 1.18 bits per heavy atom. The Labute approximate surface area is 135 Å². The van der Waals surface area contributed by atoms with Crippen LogP contribution in [0.3, 0.4) is 0 Å². The molecule has 0 saturated heterocycles. The highest BCUT2D eigenvalue weighted by Crippen LogP contribution is 2.24. The van der Waals surface area contributed by atoms with Crippen LogP contribution >= 0.6 is 15.9 Å². The number of nitrogens with one attached hydrogen (secondary N) is 1. The fourth-order valence-electron chi connectivity index (χ4n) is 1.55. The fraction of sp³-hybridized carbons (Fsp3) is 0.364. The van der Waals surface area contributed by atoms with Gasteiger partial charge in [0, 0.05) is 7.05 Å². The maximum absolute atomic E-state index is 12.4. The number of aromatic nitrogens is 4. The van der Waals surface area contributed by atoms with E-state index < -0.39 is 10.0 Å². The molecule has 120 valence electrons. The number of aryl methyl sites for hydroxylation is 1. The van der Waals surface area contributed by atoms with Gasteiger partial charge in [0.25, 0.3) is 10.0 Å². The van der Waals surface area contributed by atoms with E-state index in [1.165, 1.54) is 20.3 Å². The fourth-order valence-corrected chi connectivity index (χ4v) is 3.58. The summed E-state index contributed by atoms with van der Waals surface area (Å²) in [5.41, 5.74) is 0. The molecule has 0 aliphatic carbocycles. The Hall–Kier alpha value is -1.88. The average molecular weight is 392 g/mol. The van der Waals surface area contributed by atoms with Crippen LogP contribution in [-0.2, 0) is 17.1 Å². The molecule has 11 heteroatoms. The topological polar surface area (TPSA) is 108 Å². The molecule has 0 saturated carbocycles. The first-order valence-corrected chi connectivity index (χ1v) is 8.24. The molecule has 2 rings (SSSR count). The van der Waals surface area contributed by atoms with E-state index in [1.54, 1.807) is 18.5 Å².